The smallest absolute Gasteiger partial charge is 0.311 e. The fourth-order valence-corrected chi connectivity index (χ4v) is 1.39. The minimum absolute atomic E-state index is 0.00670. The van der Waals surface area contributed by atoms with E-state index in [0.717, 1.165) is 18.2 Å². The van der Waals surface area contributed by atoms with E-state index in [1.54, 1.807) is 0 Å². The van der Waals surface area contributed by atoms with Gasteiger partial charge in [0.05, 0.1) is 11.1 Å². The normalized spacial score (nSPS) is 10.2. The number of nitrogens with two attached hydrogens (primary N) is 1. The van der Waals surface area contributed by atoms with Gasteiger partial charge in [0.15, 0.2) is 0 Å². The molecular formula is C10H6ClFN4O3. The van der Waals surface area contributed by atoms with Crippen LogP contribution in [0.3, 0.4) is 0 Å². The first-order chi connectivity index (χ1) is 8.97. The number of benzene rings is 1. The summed E-state index contributed by atoms with van der Waals surface area (Å²) < 4.78 is 18.2. The Bertz CT molecular complexity index is 653. The van der Waals surface area contributed by atoms with Crippen LogP contribution in [0.5, 0.6) is 11.6 Å². The van der Waals surface area contributed by atoms with Gasteiger partial charge >= 0.3 is 5.69 Å². The van der Waals surface area contributed by atoms with Crippen LogP contribution in [0.25, 0.3) is 0 Å². The number of rotatable bonds is 3. The molecule has 2 aromatic rings. The summed E-state index contributed by atoms with van der Waals surface area (Å²) in [6.07, 6.45) is 1.17. The van der Waals surface area contributed by atoms with Crippen molar-refractivity contribution in [3.8, 4) is 11.6 Å². The van der Waals surface area contributed by atoms with Gasteiger partial charge in [-0.15, -0.1) is 0 Å². The van der Waals surface area contributed by atoms with Crippen molar-refractivity contribution in [3.05, 3.63) is 45.4 Å². The second-order valence-electron chi connectivity index (χ2n) is 3.35. The first-order valence-corrected chi connectivity index (χ1v) is 5.25. The number of ether oxygens (including phenoxy) is 1. The van der Waals surface area contributed by atoms with Crippen molar-refractivity contribution < 1.29 is 14.1 Å². The molecule has 0 spiro atoms. The van der Waals surface area contributed by atoms with E-state index in [1.165, 1.54) is 6.20 Å². The highest BCUT2D eigenvalue weighted by Gasteiger charge is 2.18. The summed E-state index contributed by atoms with van der Waals surface area (Å²) in [6, 6.07) is 2.77. The van der Waals surface area contributed by atoms with Crippen molar-refractivity contribution in [2.45, 2.75) is 0 Å². The molecule has 19 heavy (non-hydrogen) atoms. The lowest BCUT2D eigenvalue weighted by atomic mass is 10.3. The Morgan fingerprint density at radius 1 is 1.47 bits per heavy atom. The molecular weight excluding hydrogens is 279 g/mol. The standard InChI is InChI=1S/C10H6ClFN4O3/c11-6-4-14-10(13)15-9(6)19-8-3-5(12)1-2-7(8)16(17)18/h1-4H,(H2,13,14,15). The average molecular weight is 285 g/mol. The van der Waals surface area contributed by atoms with Gasteiger partial charge in [0.25, 0.3) is 0 Å². The summed E-state index contributed by atoms with van der Waals surface area (Å²) in [6.45, 7) is 0. The number of nitro groups is 1. The lowest BCUT2D eigenvalue weighted by Crippen LogP contribution is -1.99. The minimum atomic E-state index is -0.715. The van der Waals surface area contributed by atoms with E-state index < -0.39 is 16.4 Å². The van der Waals surface area contributed by atoms with Crippen LogP contribution in [-0.2, 0) is 0 Å². The SMILES string of the molecule is Nc1ncc(Cl)c(Oc2cc(F)ccc2[N+](=O)[O-])n1. The Kier molecular flexibility index (Phi) is 3.43. The predicted octanol–water partition coefficient (Wildman–Crippen LogP) is 2.55. The Balaban J connectivity index is 2.45. The second kappa shape index (κ2) is 5.02. The number of halogens is 2. The van der Waals surface area contributed by atoms with Crippen molar-refractivity contribution >= 4 is 23.2 Å². The molecule has 9 heteroatoms. The first kappa shape index (κ1) is 13.0. The van der Waals surface area contributed by atoms with Gasteiger partial charge in [-0.25, -0.2) is 9.37 Å². The summed E-state index contributed by atoms with van der Waals surface area (Å²) in [5.74, 6) is -1.34. The van der Waals surface area contributed by atoms with Crippen LogP contribution < -0.4 is 10.5 Å². The summed E-state index contributed by atoms with van der Waals surface area (Å²) in [5, 5.41) is 10.8. The Hall–Kier alpha value is -2.48. The Morgan fingerprint density at radius 3 is 2.89 bits per heavy atom. The van der Waals surface area contributed by atoms with E-state index in [9.17, 15) is 14.5 Å². The molecule has 0 saturated carbocycles. The predicted molar refractivity (Wildman–Crippen MR) is 64.6 cm³/mol. The van der Waals surface area contributed by atoms with E-state index in [1.807, 2.05) is 0 Å². The van der Waals surface area contributed by atoms with Crippen molar-refractivity contribution in [3.63, 3.8) is 0 Å². The maximum atomic E-state index is 13.1. The molecule has 0 aliphatic rings. The van der Waals surface area contributed by atoms with E-state index in [2.05, 4.69) is 9.97 Å². The number of nitro benzene ring substituents is 1. The topological polar surface area (TPSA) is 104 Å². The van der Waals surface area contributed by atoms with Crippen LogP contribution in [0.4, 0.5) is 16.0 Å². The molecule has 0 bridgehead atoms. The number of hydrogen-bond acceptors (Lipinski definition) is 6. The third kappa shape index (κ3) is 2.86. The molecule has 0 unspecified atom stereocenters. The Labute approximate surface area is 111 Å². The number of hydrogen-bond donors (Lipinski definition) is 1. The summed E-state index contributed by atoms with van der Waals surface area (Å²) in [5.41, 5.74) is 4.92. The van der Waals surface area contributed by atoms with Crippen LogP contribution in [0.1, 0.15) is 0 Å². The van der Waals surface area contributed by atoms with Gasteiger partial charge in [0, 0.05) is 12.1 Å². The van der Waals surface area contributed by atoms with Crippen LogP contribution in [0, 0.1) is 15.9 Å². The molecule has 0 fully saturated rings. The fourth-order valence-electron chi connectivity index (χ4n) is 1.26. The van der Waals surface area contributed by atoms with Crippen LogP contribution in [-0.4, -0.2) is 14.9 Å². The summed E-state index contributed by atoms with van der Waals surface area (Å²) in [4.78, 5) is 17.3. The van der Waals surface area contributed by atoms with E-state index in [4.69, 9.17) is 22.1 Å². The van der Waals surface area contributed by atoms with Crippen molar-refractivity contribution in [1.29, 1.82) is 0 Å². The number of aromatic nitrogens is 2. The molecule has 0 amide bonds. The third-order valence-corrected chi connectivity index (χ3v) is 2.32. The highest BCUT2D eigenvalue weighted by atomic mass is 35.5. The molecule has 0 aliphatic carbocycles. The zero-order chi connectivity index (χ0) is 14.0. The monoisotopic (exact) mass is 284 g/mol. The van der Waals surface area contributed by atoms with Gasteiger partial charge in [0.2, 0.25) is 17.6 Å². The van der Waals surface area contributed by atoms with E-state index in [0.29, 0.717) is 0 Å². The zero-order valence-corrected chi connectivity index (χ0v) is 9.96. The van der Waals surface area contributed by atoms with E-state index >= 15 is 0 Å². The van der Waals surface area contributed by atoms with Crippen LogP contribution >= 0.6 is 11.6 Å². The molecule has 98 valence electrons. The highest BCUT2D eigenvalue weighted by molar-refractivity contribution is 6.31. The third-order valence-electron chi connectivity index (χ3n) is 2.06. The molecule has 1 aromatic heterocycles. The lowest BCUT2D eigenvalue weighted by Gasteiger charge is -2.07. The molecule has 2 rings (SSSR count). The molecule has 0 saturated heterocycles. The van der Waals surface area contributed by atoms with Gasteiger partial charge in [-0.3, -0.25) is 10.1 Å². The molecule has 1 aromatic carbocycles. The molecule has 0 aliphatic heterocycles. The van der Waals surface area contributed by atoms with Gasteiger partial charge in [-0.2, -0.15) is 4.98 Å². The van der Waals surface area contributed by atoms with Gasteiger partial charge in [-0.1, -0.05) is 11.6 Å². The quantitative estimate of drug-likeness (QED) is 0.686. The van der Waals surface area contributed by atoms with Crippen molar-refractivity contribution in [2.75, 3.05) is 5.73 Å². The van der Waals surface area contributed by atoms with Crippen LogP contribution in [0.15, 0.2) is 24.4 Å². The van der Waals surface area contributed by atoms with Crippen molar-refractivity contribution in [1.82, 2.24) is 9.97 Å². The van der Waals surface area contributed by atoms with Crippen molar-refractivity contribution in [2.24, 2.45) is 0 Å². The molecule has 0 radical (unpaired) electrons. The molecule has 2 N–H and O–H groups in total. The van der Waals surface area contributed by atoms with Gasteiger partial charge < -0.3 is 10.5 Å². The lowest BCUT2D eigenvalue weighted by molar-refractivity contribution is -0.385. The maximum absolute atomic E-state index is 13.1. The highest BCUT2D eigenvalue weighted by Crippen LogP contribution is 2.33. The molecule has 0 atom stereocenters. The number of nitrogen functional groups attached to an aromatic ring is 1. The zero-order valence-electron chi connectivity index (χ0n) is 9.21. The summed E-state index contributed by atoms with van der Waals surface area (Å²) >= 11 is 5.75. The van der Waals surface area contributed by atoms with E-state index in [-0.39, 0.29) is 22.6 Å². The summed E-state index contributed by atoms with van der Waals surface area (Å²) in [7, 11) is 0. The maximum Gasteiger partial charge on any atom is 0.311 e. The fraction of sp³-hybridized carbons (Fsp3) is 0. The Morgan fingerprint density at radius 2 is 2.21 bits per heavy atom. The van der Waals surface area contributed by atoms with Gasteiger partial charge in [0.1, 0.15) is 10.8 Å². The average Bonchev–Trinajstić information content (AvgIpc) is 2.33. The van der Waals surface area contributed by atoms with Gasteiger partial charge in [-0.05, 0) is 6.07 Å². The van der Waals surface area contributed by atoms with Crippen LogP contribution in [0.2, 0.25) is 5.02 Å². The number of nitrogens with zero attached hydrogens (tertiary/aromatic N) is 3. The minimum Gasteiger partial charge on any atom is -0.430 e. The first-order valence-electron chi connectivity index (χ1n) is 4.87. The largest absolute Gasteiger partial charge is 0.430 e. The second-order valence-corrected chi connectivity index (χ2v) is 3.76. The molecule has 1 heterocycles. The number of anilines is 1. The molecule has 7 nitrogen and oxygen atoms in total.